The Morgan fingerprint density at radius 1 is 1.14 bits per heavy atom. The van der Waals surface area contributed by atoms with E-state index in [4.69, 9.17) is 38.4 Å². The number of ether oxygens (including phenoxy) is 2. The summed E-state index contributed by atoms with van der Waals surface area (Å²) in [6.45, 7) is 0. The van der Waals surface area contributed by atoms with Crippen LogP contribution in [0.15, 0.2) is 30.3 Å². The maximum absolute atomic E-state index is 10.8. The summed E-state index contributed by atoms with van der Waals surface area (Å²) in [5.74, 6) is 0.817. The summed E-state index contributed by atoms with van der Waals surface area (Å²) in [5, 5.41) is 11.5. The van der Waals surface area contributed by atoms with E-state index in [0.717, 1.165) is 0 Å². The van der Waals surface area contributed by atoms with E-state index < -0.39 is 4.92 Å². The van der Waals surface area contributed by atoms with Gasteiger partial charge in [0.1, 0.15) is 11.4 Å². The van der Waals surface area contributed by atoms with Crippen molar-refractivity contribution in [3.05, 3.63) is 50.5 Å². The zero-order valence-electron chi connectivity index (χ0n) is 10.8. The first-order chi connectivity index (χ1) is 9.92. The van der Waals surface area contributed by atoms with Crippen molar-refractivity contribution in [1.82, 2.24) is 0 Å². The number of hydrogen-bond acceptors (Lipinski definition) is 5. The fourth-order valence-corrected chi connectivity index (χ4v) is 1.92. The normalized spacial score (nSPS) is 10.2. The number of nitro groups is 1. The lowest BCUT2D eigenvalue weighted by molar-refractivity contribution is -0.384. The maximum atomic E-state index is 10.8. The van der Waals surface area contributed by atoms with Crippen LogP contribution in [0.1, 0.15) is 0 Å². The summed E-state index contributed by atoms with van der Waals surface area (Å²) in [7, 11) is 1.37. The van der Waals surface area contributed by atoms with Crippen LogP contribution in [0, 0.1) is 10.1 Å². The van der Waals surface area contributed by atoms with Gasteiger partial charge in [0.25, 0.3) is 5.69 Å². The molecule has 0 saturated heterocycles. The average molecular weight is 329 g/mol. The molecule has 0 unspecified atom stereocenters. The fourth-order valence-electron chi connectivity index (χ4n) is 1.63. The van der Waals surface area contributed by atoms with Crippen LogP contribution in [0.5, 0.6) is 17.2 Å². The number of benzene rings is 2. The van der Waals surface area contributed by atoms with Gasteiger partial charge in [0, 0.05) is 12.1 Å². The van der Waals surface area contributed by atoms with Gasteiger partial charge in [-0.25, -0.2) is 0 Å². The third-order valence-electron chi connectivity index (χ3n) is 2.63. The Hall–Kier alpha value is -2.18. The first-order valence-electron chi connectivity index (χ1n) is 5.67. The highest BCUT2D eigenvalue weighted by Gasteiger charge is 2.18. The standard InChI is InChI=1S/C13H10Cl2N2O4/c1-20-12-6-11(17(18)19)10(16)5-13(12)21-7-2-3-8(14)9(15)4-7/h2-6H,16H2,1H3. The summed E-state index contributed by atoms with van der Waals surface area (Å²) in [6.07, 6.45) is 0. The Morgan fingerprint density at radius 2 is 1.86 bits per heavy atom. The molecule has 0 atom stereocenters. The molecule has 0 heterocycles. The van der Waals surface area contributed by atoms with E-state index in [1.54, 1.807) is 12.1 Å². The molecular formula is C13H10Cl2N2O4. The topological polar surface area (TPSA) is 87.6 Å². The molecule has 0 spiro atoms. The van der Waals surface area contributed by atoms with Gasteiger partial charge in [0.05, 0.1) is 28.1 Å². The van der Waals surface area contributed by atoms with Gasteiger partial charge in [-0.2, -0.15) is 0 Å². The molecule has 0 radical (unpaired) electrons. The van der Waals surface area contributed by atoms with Crippen LogP contribution >= 0.6 is 23.2 Å². The van der Waals surface area contributed by atoms with Crippen LogP contribution in [-0.4, -0.2) is 12.0 Å². The highest BCUT2D eigenvalue weighted by molar-refractivity contribution is 6.42. The summed E-state index contributed by atoms with van der Waals surface area (Å²) in [4.78, 5) is 10.2. The smallest absolute Gasteiger partial charge is 0.296 e. The number of methoxy groups -OCH3 is 1. The number of nitrogens with zero attached hydrogens (tertiary/aromatic N) is 1. The van der Waals surface area contributed by atoms with Gasteiger partial charge in [-0.3, -0.25) is 10.1 Å². The highest BCUT2D eigenvalue weighted by Crippen LogP contribution is 2.39. The predicted molar refractivity (Wildman–Crippen MR) is 80.6 cm³/mol. The Bertz CT molecular complexity index is 707. The fraction of sp³-hybridized carbons (Fsp3) is 0.0769. The Morgan fingerprint density at radius 3 is 2.43 bits per heavy atom. The van der Waals surface area contributed by atoms with Crippen LogP contribution < -0.4 is 15.2 Å². The molecule has 0 saturated carbocycles. The molecule has 0 aromatic heterocycles. The summed E-state index contributed by atoms with van der Waals surface area (Å²) in [6, 6.07) is 7.20. The summed E-state index contributed by atoms with van der Waals surface area (Å²) >= 11 is 11.7. The van der Waals surface area contributed by atoms with Crippen LogP contribution in [-0.2, 0) is 0 Å². The molecule has 0 bridgehead atoms. The van der Waals surface area contributed by atoms with Crippen molar-refractivity contribution < 1.29 is 14.4 Å². The molecule has 2 aromatic rings. The van der Waals surface area contributed by atoms with E-state index in [9.17, 15) is 10.1 Å². The molecule has 0 aliphatic heterocycles. The van der Waals surface area contributed by atoms with Gasteiger partial charge in [0.15, 0.2) is 11.5 Å². The van der Waals surface area contributed by atoms with Crippen molar-refractivity contribution in [2.24, 2.45) is 0 Å². The number of nitro benzene ring substituents is 1. The average Bonchev–Trinajstić information content (AvgIpc) is 2.43. The van der Waals surface area contributed by atoms with Crippen molar-refractivity contribution in [3.8, 4) is 17.2 Å². The van der Waals surface area contributed by atoms with Crippen LogP contribution in [0.2, 0.25) is 10.0 Å². The number of halogens is 2. The predicted octanol–water partition coefficient (Wildman–Crippen LogP) is 4.28. The van der Waals surface area contributed by atoms with Crippen molar-refractivity contribution in [2.45, 2.75) is 0 Å². The minimum Gasteiger partial charge on any atom is -0.493 e. The lowest BCUT2D eigenvalue weighted by Crippen LogP contribution is -1.98. The molecule has 0 aliphatic rings. The van der Waals surface area contributed by atoms with Gasteiger partial charge < -0.3 is 15.2 Å². The van der Waals surface area contributed by atoms with Gasteiger partial charge in [-0.05, 0) is 12.1 Å². The summed E-state index contributed by atoms with van der Waals surface area (Å²) in [5.41, 5.74) is 5.34. The van der Waals surface area contributed by atoms with Crippen molar-refractivity contribution in [1.29, 1.82) is 0 Å². The van der Waals surface area contributed by atoms with Crippen LogP contribution in [0.4, 0.5) is 11.4 Å². The number of rotatable bonds is 4. The molecule has 2 aromatic carbocycles. The molecule has 6 nitrogen and oxygen atoms in total. The van der Waals surface area contributed by atoms with E-state index in [1.165, 1.54) is 25.3 Å². The van der Waals surface area contributed by atoms with E-state index >= 15 is 0 Å². The molecule has 8 heteroatoms. The van der Waals surface area contributed by atoms with Crippen molar-refractivity contribution in [3.63, 3.8) is 0 Å². The highest BCUT2D eigenvalue weighted by atomic mass is 35.5. The molecule has 0 aliphatic carbocycles. The van der Waals surface area contributed by atoms with Crippen LogP contribution in [0.3, 0.4) is 0 Å². The monoisotopic (exact) mass is 328 g/mol. The minimum absolute atomic E-state index is 0.0316. The first kappa shape index (κ1) is 15.2. The van der Waals surface area contributed by atoms with E-state index in [2.05, 4.69) is 0 Å². The van der Waals surface area contributed by atoms with Crippen molar-refractivity contribution >= 4 is 34.6 Å². The molecule has 2 rings (SSSR count). The zero-order valence-corrected chi connectivity index (χ0v) is 12.3. The first-order valence-corrected chi connectivity index (χ1v) is 6.42. The van der Waals surface area contributed by atoms with Gasteiger partial charge in [-0.15, -0.1) is 0 Å². The van der Waals surface area contributed by atoms with Gasteiger partial charge >= 0.3 is 0 Å². The van der Waals surface area contributed by atoms with Crippen LogP contribution in [0.25, 0.3) is 0 Å². The lowest BCUT2D eigenvalue weighted by atomic mass is 10.2. The van der Waals surface area contributed by atoms with Gasteiger partial charge in [0.2, 0.25) is 0 Å². The van der Waals surface area contributed by atoms with E-state index in [-0.39, 0.29) is 22.9 Å². The second kappa shape index (κ2) is 6.07. The maximum Gasteiger partial charge on any atom is 0.296 e. The molecular weight excluding hydrogens is 319 g/mol. The SMILES string of the molecule is COc1cc([N+](=O)[O-])c(N)cc1Oc1ccc(Cl)c(Cl)c1. The van der Waals surface area contributed by atoms with Gasteiger partial charge in [-0.1, -0.05) is 23.2 Å². The van der Waals surface area contributed by atoms with Crippen molar-refractivity contribution in [2.75, 3.05) is 12.8 Å². The zero-order chi connectivity index (χ0) is 15.6. The van der Waals surface area contributed by atoms with E-state index in [1.807, 2.05) is 0 Å². The Labute approximate surface area is 130 Å². The number of nitrogen functional groups attached to an aromatic ring is 1. The Kier molecular flexibility index (Phi) is 4.40. The largest absolute Gasteiger partial charge is 0.493 e. The second-order valence-electron chi connectivity index (χ2n) is 4.00. The third kappa shape index (κ3) is 3.29. The number of nitrogens with two attached hydrogens (primary N) is 1. The summed E-state index contributed by atoms with van der Waals surface area (Å²) < 4.78 is 10.7. The number of hydrogen-bond donors (Lipinski definition) is 1. The Balaban J connectivity index is 2.41. The van der Waals surface area contributed by atoms with E-state index in [0.29, 0.717) is 15.8 Å². The lowest BCUT2D eigenvalue weighted by Gasteiger charge is -2.11. The minimum atomic E-state index is -0.596. The molecule has 0 amide bonds. The second-order valence-corrected chi connectivity index (χ2v) is 4.81. The quantitative estimate of drug-likeness (QED) is 0.514. The molecule has 21 heavy (non-hydrogen) atoms. The molecule has 0 fully saturated rings. The molecule has 2 N–H and O–H groups in total. The third-order valence-corrected chi connectivity index (χ3v) is 3.37. The number of anilines is 1. The molecule has 110 valence electrons.